The highest BCUT2D eigenvalue weighted by molar-refractivity contribution is 5.95. The Morgan fingerprint density at radius 3 is 2.61 bits per heavy atom. The number of pyridine rings is 1. The van der Waals surface area contributed by atoms with Gasteiger partial charge < -0.3 is 18.8 Å². The summed E-state index contributed by atoms with van der Waals surface area (Å²) in [6.07, 6.45) is 1.35. The van der Waals surface area contributed by atoms with Crippen LogP contribution in [0.4, 0.5) is 0 Å². The number of ketones is 1. The van der Waals surface area contributed by atoms with E-state index in [-0.39, 0.29) is 36.7 Å². The molecule has 0 spiro atoms. The van der Waals surface area contributed by atoms with Gasteiger partial charge >= 0.3 is 5.97 Å². The Balaban J connectivity index is 2.29. The van der Waals surface area contributed by atoms with E-state index in [2.05, 4.69) is 0 Å². The van der Waals surface area contributed by atoms with Gasteiger partial charge in [-0.1, -0.05) is 0 Å². The van der Waals surface area contributed by atoms with E-state index in [1.807, 2.05) is 0 Å². The maximum Gasteiger partial charge on any atom is 0.343 e. The summed E-state index contributed by atoms with van der Waals surface area (Å²) < 4.78 is 17.1. The second kappa shape index (κ2) is 5.75. The topological polar surface area (TPSA) is 83.8 Å². The SMILES string of the molecule is CCOC(=O)c1cn(CC(C)=O)c2cc3c(cc2c1=O)OCO3. The van der Waals surface area contributed by atoms with Crippen LogP contribution in [0.25, 0.3) is 10.9 Å². The molecule has 23 heavy (non-hydrogen) atoms. The first-order valence-corrected chi connectivity index (χ1v) is 7.14. The Bertz CT molecular complexity index is 867. The Labute approximate surface area is 131 Å². The number of carbonyl (C=O) groups is 2. The van der Waals surface area contributed by atoms with Crippen LogP contribution in [-0.2, 0) is 16.1 Å². The van der Waals surface area contributed by atoms with Crippen molar-refractivity contribution in [1.82, 2.24) is 4.57 Å². The average molecular weight is 317 g/mol. The van der Waals surface area contributed by atoms with Gasteiger partial charge in [0.15, 0.2) is 11.5 Å². The van der Waals surface area contributed by atoms with E-state index in [0.29, 0.717) is 17.0 Å². The van der Waals surface area contributed by atoms with Crippen molar-refractivity contribution in [2.45, 2.75) is 20.4 Å². The van der Waals surface area contributed by atoms with Crippen LogP contribution in [-0.4, -0.2) is 29.7 Å². The molecule has 0 unspecified atom stereocenters. The Kier molecular flexibility index (Phi) is 3.77. The van der Waals surface area contributed by atoms with Gasteiger partial charge in [-0.3, -0.25) is 9.59 Å². The van der Waals surface area contributed by atoms with Gasteiger partial charge in [-0.25, -0.2) is 4.79 Å². The van der Waals surface area contributed by atoms with Crippen LogP contribution in [0.2, 0.25) is 0 Å². The molecule has 3 rings (SSSR count). The first-order chi connectivity index (χ1) is 11.0. The maximum atomic E-state index is 12.6. The molecule has 0 atom stereocenters. The first-order valence-electron chi connectivity index (χ1n) is 7.14. The number of hydrogen-bond donors (Lipinski definition) is 0. The first kappa shape index (κ1) is 15.1. The lowest BCUT2D eigenvalue weighted by Crippen LogP contribution is -2.22. The summed E-state index contributed by atoms with van der Waals surface area (Å²) in [6.45, 7) is 3.34. The molecule has 7 heteroatoms. The van der Waals surface area contributed by atoms with E-state index in [1.54, 1.807) is 17.6 Å². The molecule has 0 aliphatic carbocycles. The second-order valence-electron chi connectivity index (χ2n) is 5.14. The Morgan fingerprint density at radius 2 is 1.96 bits per heavy atom. The molecule has 2 aromatic rings. The number of rotatable bonds is 4. The molecule has 120 valence electrons. The number of Topliss-reactive ketones (excluding diaryl/α,β-unsaturated/α-hetero) is 1. The summed E-state index contributed by atoms with van der Waals surface area (Å²) >= 11 is 0. The van der Waals surface area contributed by atoms with E-state index >= 15 is 0 Å². The minimum atomic E-state index is -0.714. The van der Waals surface area contributed by atoms with Crippen LogP contribution in [0.3, 0.4) is 0 Å². The summed E-state index contributed by atoms with van der Waals surface area (Å²) in [5.41, 5.74) is -0.0708. The number of fused-ring (bicyclic) bond motifs is 2. The summed E-state index contributed by atoms with van der Waals surface area (Å²) in [7, 11) is 0. The van der Waals surface area contributed by atoms with Crippen LogP contribution in [0, 0.1) is 0 Å². The number of benzene rings is 1. The third kappa shape index (κ3) is 2.65. The maximum absolute atomic E-state index is 12.6. The predicted octanol–water partition coefficient (Wildman–Crippen LogP) is 1.50. The van der Waals surface area contributed by atoms with E-state index < -0.39 is 11.4 Å². The molecule has 1 aliphatic heterocycles. The fourth-order valence-corrected chi connectivity index (χ4v) is 2.50. The second-order valence-corrected chi connectivity index (χ2v) is 5.14. The lowest BCUT2D eigenvalue weighted by atomic mass is 10.1. The molecular formula is C16H15NO6. The van der Waals surface area contributed by atoms with Gasteiger partial charge in [0.1, 0.15) is 11.3 Å². The third-order valence-corrected chi connectivity index (χ3v) is 3.46. The van der Waals surface area contributed by atoms with Crippen molar-refractivity contribution in [1.29, 1.82) is 0 Å². The summed E-state index contributed by atoms with van der Waals surface area (Å²) in [5, 5.41) is 0.279. The number of ether oxygens (including phenoxy) is 3. The quantitative estimate of drug-likeness (QED) is 0.795. The van der Waals surface area contributed by atoms with Crippen LogP contribution < -0.4 is 14.9 Å². The molecule has 0 bridgehead atoms. The number of carbonyl (C=O) groups excluding carboxylic acids is 2. The number of esters is 1. The molecule has 0 saturated heterocycles. The molecule has 7 nitrogen and oxygen atoms in total. The van der Waals surface area contributed by atoms with Gasteiger partial charge in [-0.05, 0) is 19.9 Å². The zero-order valence-electron chi connectivity index (χ0n) is 12.8. The van der Waals surface area contributed by atoms with Crippen LogP contribution in [0.5, 0.6) is 11.5 Å². The van der Waals surface area contributed by atoms with E-state index in [4.69, 9.17) is 14.2 Å². The standard InChI is InChI=1S/C16H15NO6/c1-3-21-16(20)11-7-17(6-9(2)18)12-5-14-13(22-8-23-14)4-10(12)15(11)19/h4-5,7H,3,6,8H2,1-2H3. The largest absolute Gasteiger partial charge is 0.462 e. The van der Waals surface area contributed by atoms with Gasteiger partial charge in [-0.15, -0.1) is 0 Å². The highest BCUT2D eigenvalue weighted by Crippen LogP contribution is 2.35. The molecule has 1 aliphatic rings. The van der Waals surface area contributed by atoms with Gasteiger partial charge in [0.05, 0.1) is 24.1 Å². The molecule has 1 aromatic heterocycles. The summed E-state index contributed by atoms with van der Waals surface area (Å²) in [6, 6.07) is 3.16. The van der Waals surface area contributed by atoms with Crippen molar-refractivity contribution in [2.24, 2.45) is 0 Å². The summed E-state index contributed by atoms with van der Waals surface area (Å²) in [4.78, 5) is 36.1. The van der Waals surface area contributed by atoms with Crippen molar-refractivity contribution in [3.8, 4) is 11.5 Å². The van der Waals surface area contributed by atoms with Crippen LogP contribution in [0.1, 0.15) is 24.2 Å². The van der Waals surface area contributed by atoms with Crippen molar-refractivity contribution in [3.05, 3.63) is 34.1 Å². The minimum Gasteiger partial charge on any atom is -0.462 e. The van der Waals surface area contributed by atoms with Crippen LogP contribution in [0.15, 0.2) is 23.1 Å². The van der Waals surface area contributed by atoms with Crippen molar-refractivity contribution in [3.63, 3.8) is 0 Å². The zero-order chi connectivity index (χ0) is 16.6. The number of nitrogens with zero attached hydrogens (tertiary/aromatic N) is 1. The molecule has 0 N–H and O–H groups in total. The van der Waals surface area contributed by atoms with Gasteiger partial charge in [-0.2, -0.15) is 0 Å². The smallest absolute Gasteiger partial charge is 0.343 e. The van der Waals surface area contributed by atoms with Crippen LogP contribution >= 0.6 is 0 Å². The highest BCUT2D eigenvalue weighted by atomic mass is 16.7. The predicted molar refractivity (Wildman–Crippen MR) is 81.0 cm³/mol. The summed E-state index contributed by atoms with van der Waals surface area (Å²) in [5.74, 6) is 0.111. The minimum absolute atomic E-state index is 0.0306. The fraction of sp³-hybridized carbons (Fsp3) is 0.312. The van der Waals surface area contributed by atoms with Gasteiger partial charge in [0.2, 0.25) is 12.2 Å². The molecule has 2 heterocycles. The molecule has 1 aromatic carbocycles. The van der Waals surface area contributed by atoms with E-state index in [9.17, 15) is 14.4 Å². The zero-order valence-corrected chi connectivity index (χ0v) is 12.8. The average Bonchev–Trinajstić information content (AvgIpc) is 2.95. The number of aromatic nitrogens is 1. The van der Waals surface area contributed by atoms with Crippen molar-refractivity contribution < 1.29 is 23.8 Å². The fourth-order valence-electron chi connectivity index (χ4n) is 2.50. The van der Waals surface area contributed by atoms with Crippen molar-refractivity contribution in [2.75, 3.05) is 13.4 Å². The molecule has 0 radical (unpaired) electrons. The molecular weight excluding hydrogens is 302 g/mol. The molecule has 0 saturated carbocycles. The van der Waals surface area contributed by atoms with E-state index in [0.717, 1.165) is 0 Å². The molecule has 0 amide bonds. The normalized spacial score (nSPS) is 12.4. The Hall–Kier alpha value is -2.83. The molecule has 0 fully saturated rings. The Morgan fingerprint density at radius 1 is 1.26 bits per heavy atom. The lowest BCUT2D eigenvalue weighted by Gasteiger charge is -2.12. The van der Waals surface area contributed by atoms with Gasteiger partial charge in [0.25, 0.3) is 0 Å². The van der Waals surface area contributed by atoms with Gasteiger partial charge in [0, 0.05) is 12.3 Å². The van der Waals surface area contributed by atoms with E-state index in [1.165, 1.54) is 19.2 Å². The highest BCUT2D eigenvalue weighted by Gasteiger charge is 2.21. The monoisotopic (exact) mass is 317 g/mol. The number of hydrogen-bond acceptors (Lipinski definition) is 6. The third-order valence-electron chi connectivity index (χ3n) is 3.46. The van der Waals surface area contributed by atoms with Crippen molar-refractivity contribution >= 4 is 22.7 Å². The lowest BCUT2D eigenvalue weighted by molar-refractivity contribution is -0.117.